The molecule has 3 aromatic rings. The highest BCUT2D eigenvalue weighted by atomic mass is 35.5. The van der Waals surface area contributed by atoms with Gasteiger partial charge in [0.2, 0.25) is 0 Å². The summed E-state index contributed by atoms with van der Waals surface area (Å²) in [5, 5.41) is 4.45. The summed E-state index contributed by atoms with van der Waals surface area (Å²) in [6, 6.07) is 11.3. The van der Waals surface area contributed by atoms with Crippen molar-refractivity contribution >= 4 is 28.8 Å². The quantitative estimate of drug-likeness (QED) is 0.746. The molecule has 0 saturated heterocycles. The number of hydrogen-bond acceptors (Lipinski definition) is 4. The van der Waals surface area contributed by atoms with Crippen molar-refractivity contribution in [3.05, 3.63) is 69.9 Å². The van der Waals surface area contributed by atoms with Gasteiger partial charge in [0.1, 0.15) is 9.88 Å². The molecule has 6 heteroatoms. The Balaban J connectivity index is 1.66. The first-order valence-electron chi connectivity index (χ1n) is 7.54. The molecule has 1 N–H and O–H groups in total. The van der Waals surface area contributed by atoms with E-state index in [1.54, 1.807) is 6.20 Å². The number of halogens is 1. The fourth-order valence-electron chi connectivity index (χ4n) is 2.27. The van der Waals surface area contributed by atoms with Crippen LogP contribution in [0.3, 0.4) is 0 Å². The van der Waals surface area contributed by atoms with Gasteiger partial charge in [-0.15, -0.1) is 11.3 Å². The second-order valence-electron chi connectivity index (χ2n) is 5.31. The fourth-order valence-corrected chi connectivity index (χ4v) is 3.38. The molecule has 0 aliphatic rings. The second kappa shape index (κ2) is 7.55. The van der Waals surface area contributed by atoms with Crippen molar-refractivity contribution in [3.8, 4) is 10.6 Å². The Kier molecular flexibility index (Phi) is 5.23. The lowest BCUT2D eigenvalue weighted by Gasteiger charge is -2.03. The third-order valence-electron chi connectivity index (χ3n) is 3.52. The average Bonchev–Trinajstić information content (AvgIpc) is 2.98. The van der Waals surface area contributed by atoms with Crippen molar-refractivity contribution in [2.24, 2.45) is 0 Å². The van der Waals surface area contributed by atoms with Crippen molar-refractivity contribution in [2.45, 2.75) is 13.3 Å². The molecular weight excluding hydrogens is 342 g/mol. The van der Waals surface area contributed by atoms with Gasteiger partial charge in [0.05, 0.1) is 5.69 Å². The van der Waals surface area contributed by atoms with Gasteiger partial charge in [-0.2, -0.15) is 0 Å². The first-order chi connectivity index (χ1) is 11.6. The number of carbonyl (C=O) groups excluding carboxylic acids is 1. The maximum absolute atomic E-state index is 12.4. The fraction of sp³-hybridized carbons (Fsp3) is 0.167. The molecule has 0 saturated carbocycles. The van der Waals surface area contributed by atoms with Gasteiger partial charge in [-0.1, -0.05) is 29.8 Å². The zero-order valence-corrected chi connectivity index (χ0v) is 14.7. The van der Waals surface area contributed by atoms with Crippen LogP contribution in [0.15, 0.2) is 48.8 Å². The largest absolute Gasteiger partial charge is 0.351 e. The lowest BCUT2D eigenvalue weighted by Crippen LogP contribution is -2.25. The molecule has 0 spiro atoms. The predicted molar refractivity (Wildman–Crippen MR) is 97.6 cm³/mol. The molecule has 0 atom stereocenters. The van der Waals surface area contributed by atoms with Crippen LogP contribution >= 0.6 is 22.9 Å². The highest BCUT2D eigenvalue weighted by Crippen LogP contribution is 2.28. The van der Waals surface area contributed by atoms with Crippen LogP contribution in [-0.2, 0) is 6.42 Å². The molecule has 0 fully saturated rings. The Labute approximate surface area is 149 Å². The molecule has 2 aromatic heterocycles. The molecule has 4 nitrogen and oxygen atoms in total. The van der Waals surface area contributed by atoms with Crippen LogP contribution in [-0.4, -0.2) is 22.4 Å². The number of amides is 1. The maximum Gasteiger partial charge on any atom is 0.263 e. The molecule has 0 aliphatic carbocycles. The van der Waals surface area contributed by atoms with E-state index < -0.39 is 0 Å². The van der Waals surface area contributed by atoms with E-state index in [2.05, 4.69) is 15.3 Å². The molecule has 3 rings (SSSR count). The van der Waals surface area contributed by atoms with Gasteiger partial charge in [-0.3, -0.25) is 9.78 Å². The lowest BCUT2D eigenvalue weighted by atomic mass is 10.2. The van der Waals surface area contributed by atoms with E-state index in [1.165, 1.54) is 11.3 Å². The normalized spacial score (nSPS) is 10.6. The van der Waals surface area contributed by atoms with Crippen LogP contribution in [0.4, 0.5) is 0 Å². The number of nitrogens with zero attached hydrogens (tertiary/aromatic N) is 2. The smallest absolute Gasteiger partial charge is 0.263 e. The van der Waals surface area contributed by atoms with Gasteiger partial charge in [-0.05, 0) is 37.1 Å². The summed E-state index contributed by atoms with van der Waals surface area (Å²) in [7, 11) is 0. The number of rotatable bonds is 5. The van der Waals surface area contributed by atoms with Crippen LogP contribution in [0, 0.1) is 6.92 Å². The Hall–Kier alpha value is -2.24. The number of aromatic nitrogens is 2. The molecule has 0 radical (unpaired) electrons. The molecular formula is C18H16ClN3OS. The third-order valence-corrected chi connectivity index (χ3v) is 4.97. The SMILES string of the molecule is Cc1nc(-c2ccc(Cl)cc2)sc1C(=O)NCCc1cccnc1. The van der Waals surface area contributed by atoms with E-state index >= 15 is 0 Å². The third kappa shape index (κ3) is 3.99. The van der Waals surface area contributed by atoms with Crippen molar-refractivity contribution in [1.82, 2.24) is 15.3 Å². The minimum absolute atomic E-state index is 0.0888. The van der Waals surface area contributed by atoms with Crippen molar-refractivity contribution in [3.63, 3.8) is 0 Å². The summed E-state index contributed by atoms with van der Waals surface area (Å²) in [6.45, 7) is 2.42. The van der Waals surface area contributed by atoms with Crippen LogP contribution in [0.5, 0.6) is 0 Å². The molecule has 122 valence electrons. The molecule has 1 aromatic carbocycles. The van der Waals surface area contributed by atoms with E-state index in [0.29, 0.717) is 16.4 Å². The predicted octanol–water partition coefficient (Wildman–Crippen LogP) is 4.14. The van der Waals surface area contributed by atoms with E-state index in [9.17, 15) is 4.79 Å². The Morgan fingerprint density at radius 3 is 2.75 bits per heavy atom. The summed E-state index contributed by atoms with van der Waals surface area (Å²) < 4.78 is 0. The molecule has 1 amide bonds. The standard InChI is InChI=1S/C18H16ClN3OS/c1-12-16(17(23)21-10-8-13-3-2-9-20-11-13)24-18(22-12)14-4-6-15(19)7-5-14/h2-7,9,11H,8,10H2,1H3,(H,21,23). The monoisotopic (exact) mass is 357 g/mol. The summed E-state index contributed by atoms with van der Waals surface area (Å²) in [4.78, 5) is 21.6. The number of benzene rings is 1. The Morgan fingerprint density at radius 1 is 1.25 bits per heavy atom. The van der Waals surface area contributed by atoms with Gasteiger partial charge in [0.25, 0.3) is 5.91 Å². The van der Waals surface area contributed by atoms with E-state index in [0.717, 1.165) is 28.2 Å². The number of thiazole rings is 1. The van der Waals surface area contributed by atoms with Gasteiger partial charge in [-0.25, -0.2) is 4.98 Å². The van der Waals surface area contributed by atoms with Crippen LogP contribution in [0.1, 0.15) is 20.9 Å². The zero-order chi connectivity index (χ0) is 16.9. The summed E-state index contributed by atoms with van der Waals surface area (Å²) in [6.07, 6.45) is 4.30. The van der Waals surface area contributed by atoms with Gasteiger partial charge >= 0.3 is 0 Å². The van der Waals surface area contributed by atoms with Crippen molar-refractivity contribution in [1.29, 1.82) is 0 Å². The topological polar surface area (TPSA) is 54.9 Å². The van der Waals surface area contributed by atoms with Crippen molar-refractivity contribution in [2.75, 3.05) is 6.54 Å². The first-order valence-corrected chi connectivity index (χ1v) is 8.73. The average molecular weight is 358 g/mol. The minimum Gasteiger partial charge on any atom is -0.351 e. The van der Waals surface area contributed by atoms with Gasteiger partial charge in [0.15, 0.2) is 0 Å². The summed E-state index contributed by atoms with van der Waals surface area (Å²) >= 11 is 7.30. The van der Waals surface area contributed by atoms with Crippen LogP contribution in [0.25, 0.3) is 10.6 Å². The molecule has 0 unspecified atom stereocenters. The Morgan fingerprint density at radius 2 is 2.04 bits per heavy atom. The summed E-state index contributed by atoms with van der Waals surface area (Å²) in [5.41, 5.74) is 2.80. The van der Waals surface area contributed by atoms with E-state index in [1.807, 2.05) is 49.5 Å². The first kappa shape index (κ1) is 16.6. The second-order valence-corrected chi connectivity index (χ2v) is 6.74. The number of aryl methyl sites for hydroxylation is 1. The van der Waals surface area contributed by atoms with E-state index in [4.69, 9.17) is 11.6 Å². The molecule has 24 heavy (non-hydrogen) atoms. The van der Waals surface area contributed by atoms with Crippen LogP contribution < -0.4 is 5.32 Å². The molecule has 2 heterocycles. The number of hydrogen-bond donors (Lipinski definition) is 1. The number of nitrogens with one attached hydrogen (secondary N) is 1. The summed E-state index contributed by atoms with van der Waals surface area (Å²) in [5.74, 6) is -0.0888. The number of carbonyl (C=O) groups is 1. The highest BCUT2D eigenvalue weighted by molar-refractivity contribution is 7.17. The molecule has 0 aliphatic heterocycles. The van der Waals surface area contributed by atoms with Crippen molar-refractivity contribution < 1.29 is 4.79 Å². The van der Waals surface area contributed by atoms with Gasteiger partial charge in [0, 0.05) is 29.5 Å². The highest BCUT2D eigenvalue weighted by Gasteiger charge is 2.15. The Bertz CT molecular complexity index is 831. The minimum atomic E-state index is -0.0888. The van der Waals surface area contributed by atoms with Gasteiger partial charge < -0.3 is 5.32 Å². The zero-order valence-electron chi connectivity index (χ0n) is 13.1. The lowest BCUT2D eigenvalue weighted by molar-refractivity contribution is 0.0957. The van der Waals surface area contributed by atoms with E-state index in [-0.39, 0.29) is 5.91 Å². The molecule has 0 bridgehead atoms. The maximum atomic E-state index is 12.4. The number of pyridine rings is 1. The van der Waals surface area contributed by atoms with Crippen LogP contribution in [0.2, 0.25) is 5.02 Å².